The van der Waals surface area contributed by atoms with Gasteiger partial charge in [0.2, 0.25) is 5.91 Å². The van der Waals surface area contributed by atoms with Crippen LogP contribution in [0.25, 0.3) is 0 Å². The first-order valence-electron chi connectivity index (χ1n) is 12.3. The number of anilines is 2. The van der Waals surface area contributed by atoms with Crippen molar-refractivity contribution >= 4 is 23.4 Å². The zero-order valence-electron chi connectivity index (χ0n) is 20.4. The quantitative estimate of drug-likeness (QED) is 0.508. The summed E-state index contributed by atoms with van der Waals surface area (Å²) in [5.74, 6) is -0.257. The summed E-state index contributed by atoms with van der Waals surface area (Å²) in [6.07, 6.45) is 7.69. The Morgan fingerprint density at radius 1 is 0.944 bits per heavy atom. The number of benzene rings is 2. The Morgan fingerprint density at radius 2 is 1.69 bits per heavy atom. The average Bonchev–Trinajstić information content (AvgIpc) is 3.02. The van der Waals surface area contributed by atoms with E-state index in [4.69, 9.17) is 19.9 Å². The molecule has 2 aromatic carbocycles. The van der Waals surface area contributed by atoms with Gasteiger partial charge in [-0.2, -0.15) is 0 Å². The lowest BCUT2D eigenvalue weighted by atomic mass is 10.1. The number of hydrogen-bond acceptors (Lipinski definition) is 6. The van der Waals surface area contributed by atoms with Crippen molar-refractivity contribution in [3.8, 4) is 0 Å². The minimum atomic E-state index is -0.884. The Balaban J connectivity index is 1.34. The molecule has 8 heteroatoms. The summed E-state index contributed by atoms with van der Waals surface area (Å²) < 4.78 is 16.9. The van der Waals surface area contributed by atoms with E-state index in [1.807, 2.05) is 54.6 Å². The number of amides is 2. The van der Waals surface area contributed by atoms with E-state index in [2.05, 4.69) is 12.2 Å². The van der Waals surface area contributed by atoms with Gasteiger partial charge in [-0.05, 0) is 36.1 Å². The number of nitrogens with zero attached hydrogens (tertiary/aromatic N) is 2. The van der Waals surface area contributed by atoms with Crippen molar-refractivity contribution in [2.45, 2.75) is 25.5 Å². The average molecular weight is 492 g/mol. The number of hydrogen-bond donors (Lipinski definition) is 1. The van der Waals surface area contributed by atoms with Gasteiger partial charge >= 0.3 is 6.09 Å². The maximum Gasteiger partial charge on any atom is 0.414 e. The minimum absolute atomic E-state index is 0.0239. The largest absolute Gasteiger partial charge is 0.447 e. The van der Waals surface area contributed by atoms with Crippen molar-refractivity contribution in [3.63, 3.8) is 0 Å². The fraction of sp³-hybridized carbons (Fsp3) is 0.357. The number of para-hydroxylation sites is 2. The molecule has 0 fully saturated rings. The zero-order chi connectivity index (χ0) is 25.2. The molecule has 1 heterocycles. The molecule has 0 aromatic heterocycles. The third-order valence-corrected chi connectivity index (χ3v) is 6.06. The van der Waals surface area contributed by atoms with Crippen LogP contribution in [0.5, 0.6) is 0 Å². The highest BCUT2D eigenvalue weighted by Gasteiger charge is 2.34. The highest BCUT2D eigenvalue weighted by Crippen LogP contribution is 2.32. The lowest BCUT2D eigenvalue weighted by Gasteiger charge is -2.25. The van der Waals surface area contributed by atoms with E-state index in [0.29, 0.717) is 37.7 Å². The predicted molar refractivity (Wildman–Crippen MR) is 139 cm³/mol. The SMILES string of the molecule is N[C@H]1CN(C(=O)OCCOCc2ccccc2)c2ccccc2N(CCOCC2=CC=CCC2)C1=O. The van der Waals surface area contributed by atoms with Gasteiger partial charge in [0.15, 0.2) is 0 Å². The van der Waals surface area contributed by atoms with Crippen LogP contribution in [0.15, 0.2) is 78.4 Å². The van der Waals surface area contributed by atoms with Crippen LogP contribution < -0.4 is 15.5 Å². The van der Waals surface area contributed by atoms with E-state index in [1.54, 1.807) is 11.0 Å². The first-order valence-corrected chi connectivity index (χ1v) is 12.3. The first kappa shape index (κ1) is 25.6. The Labute approximate surface area is 211 Å². The molecular formula is C28H33N3O5. The second-order valence-electron chi connectivity index (χ2n) is 8.69. The zero-order valence-corrected chi connectivity index (χ0v) is 20.4. The molecule has 36 heavy (non-hydrogen) atoms. The van der Waals surface area contributed by atoms with Gasteiger partial charge in [-0.1, -0.05) is 60.7 Å². The third-order valence-electron chi connectivity index (χ3n) is 6.06. The highest BCUT2D eigenvalue weighted by atomic mass is 16.6. The Morgan fingerprint density at radius 3 is 2.47 bits per heavy atom. The first-order chi connectivity index (χ1) is 17.6. The molecule has 8 nitrogen and oxygen atoms in total. The monoisotopic (exact) mass is 491 g/mol. The van der Waals surface area contributed by atoms with Gasteiger partial charge in [-0.25, -0.2) is 4.79 Å². The number of nitrogens with two attached hydrogens (primary N) is 1. The maximum atomic E-state index is 13.1. The summed E-state index contributed by atoms with van der Waals surface area (Å²) in [6.45, 7) is 2.04. The van der Waals surface area contributed by atoms with Crippen LogP contribution in [0.4, 0.5) is 16.2 Å². The molecule has 0 bridgehead atoms. The minimum Gasteiger partial charge on any atom is -0.447 e. The fourth-order valence-electron chi connectivity index (χ4n) is 4.18. The van der Waals surface area contributed by atoms with Crippen molar-refractivity contribution in [2.24, 2.45) is 5.73 Å². The molecule has 0 saturated carbocycles. The van der Waals surface area contributed by atoms with Crippen molar-refractivity contribution in [3.05, 3.63) is 84.0 Å². The van der Waals surface area contributed by atoms with Gasteiger partial charge in [0, 0.05) is 6.54 Å². The summed E-state index contributed by atoms with van der Waals surface area (Å²) in [6, 6.07) is 16.1. The maximum absolute atomic E-state index is 13.1. The Hall–Kier alpha value is -3.46. The summed E-state index contributed by atoms with van der Waals surface area (Å²) in [4.78, 5) is 29.1. The molecule has 2 amide bonds. The van der Waals surface area contributed by atoms with Gasteiger partial charge in [0.05, 0.1) is 44.3 Å². The molecule has 0 unspecified atom stereocenters. The third kappa shape index (κ3) is 6.81. The number of ether oxygens (including phenoxy) is 3. The summed E-state index contributed by atoms with van der Waals surface area (Å²) >= 11 is 0. The van der Waals surface area contributed by atoms with Crippen molar-refractivity contribution in [1.29, 1.82) is 0 Å². The molecule has 1 aliphatic carbocycles. The molecular weight excluding hydrogens is 458 g/mol. The topological polar surface area (TPSA) is 94.3 Å². The second kappa shape index (κ2) is 13.0. The lowest BCUT2D eigenvalue weighted by molar-refractivity contribution is -0.119. The normalized spacial score (nSPS) is 17.4. The molecule has 0 spiro atoms. The summed E-state index contributed by atoms with van der Waals surface area (Å²) in [5.41, 5.74) is 9.68. The molecule has 2 N–H and O–H groups in total. The Kier molecular flexibility index (Phi) is 9.27. The number of allylic oxidation sites excluding steroid dienone is 3. The standard InChI is InChI=1S/C28H33N3O5/c29-24-19-31(28(33)36-18-17-35-21-23-11-5-2-6-12-23)26-14-8-7-13-25(26)30(27(24)32)15-16-34-20-22-9-3-1-4-10-22/h1-3,5-9,11-14,24H,4,10,15-21,29H2/t24-/m0/s1. The van der Waals surface area contributed by atoms with Gasteiger partial charge in [0.1, 0.15) is 12.6 Å². The number of fused-ring (bicyclic) bond motifs is 1. The molecule has 1 aliphatic heterocycles. The van der Waals surface area contributed by atoms with Crippen LogP contribution in [-0.2, 0) is 25.6 Å². The van der Waals surface area contributed by atoms with Gasteiger partial charge < -0.3 is 24.8 Å². The predicted octanol–water partition coefficient (Wildman–Crippen LogP) is 3.81. The van der Waals surface area contributed by atoms with Crippen LogP contribution in [-0.4, -0.2) is 57.6 Å². The number of carbonyl (C=O) groups excluding carboxylic acids is 2. The lowest BCUT2D eigenvalue weighted by Crippen LogP contribution is -2.49. The molecule has 1 atom stereocenters. The van der Waals surface area contributed by atoms with Gasteiger partial charge in [0.25, 0.3) is 0 Å². The van der Waals surface area contributed by atoms with Gasteiger partial charge in [-0.15, -0.1) is 0 Å². The van der Waals surface area contributed by atoms with Crippen LogP contribution in [0.2, 0.25) is 0 Å². The summed E-state index contributed by atoms with van der Waals surface area (Å²) in [5, 5.41) is 0. The number of carbonyl (C=O) groups is 2. The van der Waals surface area contributed by atoms with Crippen molar-refractivity contribution in [1.82, 2.24) is 0 Å². The van der Waals surface area contributed by atoms with E-state index in [9.17, 15) is 9.59 Å². The van der Waals surface area contributed by atoms with E-state index in [1.165, 1.54) is 10.5 Å². The molecule has 2 aromatic rings. The van der Waals surface area contributed by atoms with Crippen LogP contribution in [0, 0.1) is 0 Å². The highest BCUT2D eigenvalue weighted by molar-refractivity contribution is 6.05. The molecule has 0 saturated heterocycles. The smallest absolute Gasteiger partial charge is 0.414 e. The molecule has 190 valence electrons. The van der Waals surface area contributed by atoms with Crippen molar-refractivity contribution in [2.75, 3.05) is 49.3 Å². The van der Waals surface area contributed by atoms with Gasteiger partial charge in [-0.3, -0.25) is 9.69 Å². The summed E-state index contributed by atoms with van der Waals surface area (Å²) in [7, 11) is 0. The second-order valence-corrected chi connectivity index (χ2v) is 8.69. The molecule has 2 aliphatic rings. The van der Waals surface area contributed by atoms with E-state index in [-0.39, 0.29) is 25.7 Å². The van der Waals surface area contributed by atoms with E-state index < -0.39 is 12.1 Å². The van der Waals surface area contributed by atoms with Crippen molar-refractivity contribution < 1.29 is 23.8 Å². The number of rotatable bonds is 10. The van der Waals surface area contributed by atoms with Crippen LogP contribution in [0.1, 0.15) is 18.4 Å². The van der Waals surface area contributed by atoms with E-state index >= 15 is 0 Å². The molecule has 0 radical (unpaired) electrons. The van der Waals surface area contributed by atoms with Crippen LogP contribution in [0.3, 0.4) is 0 Å². The Bertz CT molecular complexity index is 1090. The molecule has 4 rings (SSSR count). The van der Waals surface area contributed by atoms with Crippen LogP contribution >= 0.6 is 0 Å². The van der Waals surface area contributed by atoms with E-state index in [0.717, 1.165) is 18.4 Å². The fourth-order valence-corrected chi connectivity index (χ4v) is 4.18.